The largest absolute Gasteiger partial charge is 0.323 e. The molecule has 0 aromatic carbocycles. The average Bonchev–Trinajstić information content (AvgIpc) is 2.92. The van der Waals surface area contributed by atoms with Crippen LogP contribution in [0.25, 0.3) is 0 Å². The molecule has 11 heteroatoms. The first-order valence-corrected chi connectivity index (χ1v) is 12.6. The molecular weight excluding hydrogens is 396 g/mol. The number of aliphatic imine (C=N–C) groups is 1. The SMILES string of the molecule is CCc1sc2c(c1[C@@H]1CCN(S(C)(=O)=O)C[C@@H]1C)NC(=NC)NS2(=O)=O. The third kappa shape index (κ3) is 3.37. The summed E-state index contributed by atoms with van der Waals surface area (Å²) in [6, 6.07) is 0. The molecule has 26 heavy (non-hydrogen) atoms. The molecular formula is C15H24N4O4S3. The Morgan fingerprint density at radius 3 is 2.62 bits per heavy atom. The number of hydrogen-bond acceptors (Lipinski definition) is 6. The molecule has 146 valence electrons. The quantitative estimate of drug-likeness (QED) is 0.768. The van der Waals surface area contributed by atoms with Gasteiger partial charge in [-0.05, 0) is 30.2 Å². The highest BCUT2D eigenvalue weighted by atomic mass is 32.2. The summed E-state index contributed by atoms with van der Waals surface area (Å²) in [6.45, 7) is 4.92. The maximum Gasteiger partial charge on any atom is 0.275 e. The summed E-state index contributed by atoms with van der Waals surface area (Å²) in [5.41, 5.74) is 1.61. The zero-order chi connectivity index (χ0) is 19.3. The van der Waals surface area contributed by atoms with E-state index in [0.717, 1.165) is 16.9 Å². The van der Waals surface area contributed by atoms with Crippen molar-refractivity contribution in [1.29, 1.82) is 0 Å². The second-order valence-corrected chi connectivity index (χ2v) is 11.7. The highest BCUT2D eigenvalue weighted by molar-refractivity contribution is 7.92. The van der Waals surface area contributed by atoms with Crippen LogP contribution in [0.2, 0.25) is 0 Å². The van der Waals surface area contributed by atoms with Gasteiger partial charge in [0.15, 0.2) is 4.21 Å². The molecule has 0 spiro atoms. The minimum absolute atomic E-state index is 0.0869. The zero-order valence-electron chi connectivity index (χ0n) is 15.2. The average molecular weight is 421 g/mol. The number of aryl methyl sites for hydroxylation is 1. The summed E-state index contributed by atoms with van der Waals surface area (Å²) in [6.07, 6.45) is 2.62. The molecule has 1 saturated heterocycles. The molecule has 1 fully saturated rings. The van der Waals surface area contributed by atoms with Crippen molar-refractivity contribution in [3.8, 4) is 0 Å². The van der Waals surface area contributed by atoms with Gasteiger partial charge in [-0.25, -0.2) is 25.9 Å². The minimum Gasteiger partial charge on any atom is -0.323 e. The standard InChI is InChI=1S/C15H24N4O4S3/c1-5-11-12(10-6-7-19(8-9(10)2)25(4,20)21)13-14(24-11)26(22,23)18-15(16-3)17-13/h9-10H,5-8H2,1-4H3,(H2,16,17,18)/t9-,10+/m0/s1. The van der Waals surface area contributed by atoms with Crippen LogP contribution in [0.4, 0.5) is 5.69 Å². The van der Waals surface area contributed by atoms with Gasteiger partial charge in [-0.3, -0.25) is 4.99 Å². The van der Waals surface area contributed by atoms with E-state index in [-0.39, 0.29) is 22.0 Å². The van der Waals surface area contributed by atoms with Crippen molar-refractivity contribution < 1.29 is 16.8 Å². The number of nitrogens with one attached hydrogen (secondary N) is 2. The van der Waals surface area contributed by atoms with Gasteiger partial charge < -0.3 is 5.32 Å². The Bertz CT molecular complexity index is 950. The second-order valence-electron chi connectivity index (χ2n) is 6.75. The van der Waals surface area contributed by atoms with Crippen LogP contribution < -0.4 is 10.0 Å². The Morgan fingerprint density at radius 1 is 1.38 bits per heavy atom. The molecule has 0 saturated carbocycles. The number of sulfonamides is 2. The van der Waals surface area contributed by atoms with Gasteiger partial charge in [0.2, 0.25) is 16.0 Å². The fraction of sp³-hybridized carbons (Fsp3) is 0.667. The lowest BCUT2D eigenvalue weighted by Crippen LogP contribution is -2.43. The lowest BCUT2D eigenvalue weighted by molar-refractivity contribution is 0.250. The Morgan fingerprint density at radius 2 is 2.08 bits per heavy atom. The fourth-order valence-electron chi connectivity index (χ4n) is 3.69. The molecule has 1 aromatic rings. The first kappa shape index (κ1) is 19.6. The molecule has 2 N–H and O–H groups in total. The van der Waals surface area contributed by atoms with Crippen LogP contribution >= 0.6 is 11.3 Å². The van der Waals surface area contributed by atoms with Gasteiger partial charge in [-0.1, -0.05) is 13.8 Å². The van der Waals surface area contributed by atoms with Gasteiger partial charge in [0.05, 0.1) is 11.9 Å². The number of hydrogen-bond donors (Lipinski definition) is 2. The van der Waals surface area contributed by atoms with Crippen molar-refractivity contribution in [2.24, 2.45) is 10.9 Å². The number of guanidine groups is 1. The highest BCUT2D eigenvalue weighted by Crippen LogP contribution is 2.47. The number of fused-ring (bicyclic) bond motifs is 1. The van der Waals surface area contributed by atoms with E-state index in [1.54, 1.807) is 0 Å². The summed E-state index contributed by atoms with van der Waals surface area (Å²) in [5, 5.41) is 3.12. The molecule has 2 aliphatic heterocycles. The molecule has 3 heterocycles. The molecule has 2 aliphatic rings. The predicted octanol–water partition coefficient (Wildman–Crippen LogP) is 1.39. The minimum atomic E-state index is -3.64. The molecule has 0 radical (unpaired) electrons. The lowest BCUT2D eigenvalue weighted by atomic mass is 9.81. The van der Waals surface area contributed by atoms with Crippen LogP contribution in [-0.4, -0.2) is 53.5 Å². The Hall–Kier alpha value is -1.17. The number of anilines is 1. The third-order valence-corrected chi connectivity index (χ3v) is 9.44. The Balaban J connectivity index is 2.06. The van der Waals surface area contributed by atoms with E-state index < -0.39 is 20.0 Å². The van der Waals surface area contributed by atoms with Gasteiger partial charge >= 0.3 is 0 Å². The van der Waals surface area contributed by atoms with Crippen molar-refractivity contribution in [1.82, 2.24) is 9.03 Å². The van der Waals surface area contributed by atoms with Gasteiger partial charge in [-0.15, -0.1) is 11.3 Å². The van der Waals surface area contributed by atoms with E-state index in [2.05, 4.69) is 15.0 Å². The summed E-state index contributed by atoms with van der Waals surface area (Å²) >= 11 is 1.28. The van der Waals surface area contributed by atoms with Crippen LogP contribution in [0.3, 0.4) is 0 Å². The molecule has 0 unspecified atom stereocenters. The monoisotopic (exact) mass is 420 g/mol. The fourth-order valence-corrected chi connectivity index (χ4v) is 7.41. The highest BCUT2D eigenvalue weighted by Gasteiger charge is 2.39. The van der Waals surface area contributed by atoms with Gasteiger partial charge in [0.25, 0.3) is 10.0 Å². The lowest BCUT2D eigenvalue weighted by Gasteiger charge is -2.36. The molecule has 0 bridgehead atoms. The van der Waals surface area contributed by atoms with Crippen molar-refractivity contribution >= 4 is 43.0 Å². The molecule has 8 nitrogen and oxygen atoms in total. The number of nitrogens with zero attached hydrogens (tertiary/aromatic N) is 2. The summed E-state index contributed by atoms with van der Waals surface area (Å²) in [7, 11) is -5.33. The maximum atomic E-state index is 12.6. The van der Waals surface area contributed by atoms with E-state index in [4.69, 9.17) is 0 Å². The summed E-state index contributed by atoms with van der Waals surface area (Å²) < 4.78 is 53.1. The maximum absolute atomic E-state index is 12.6. The van der Waals surface area contributed by atoms with Gasteiger partial charge in [0, 0.05) is 25.0 Å². The van der Waals surface area contributed by atoms with Crippen LogP contribution in [0.15, 0.2) is 9.20 Å². The Labute approximate surface area is 158 Å². The number of thiophene rings is 1. The van der Waals surface area contributed by atoms with E-state index in [1.807, 2.05) is 13.8 Å². The van der Waals surface area contributed by atoms with Gasteiger partial charge in [-0.2, -0.15) is 0 Å². The normalized spacial score (nSPS) is 27.6. The van der Waals surface area contributed by atoms with Crippen LogP contribution in [-0.2, 0) is 26.5 Å². The number of piperidine rings is 1. The van der Waals surface area contributed by atoms with Gasteiger partial charge in [0.1, 0.15) is 0 Å². The second kappa shape index (κ2) is 6.77. The van der Waals surface area contributed by atoms with E-state index >= 15 is 0 Å². The smallest absolute Gasteiger partial charge is 0.275 e. The summed E-state index contributed by atoms with van der Waals surface area (Å²) in [4.78, 5) is 4.98. The van der Waals surface area contributed by atoms with Crippen LogP contribution in [0.5, 0.6) is 0 Å². The molecule has 2 atom stereocenters. The van der Waals surface area contributed by atoms with Crippen LogP contribution in [0, 0.1) is 5.92 Å². The molecule has 1 aromatic heterocycles. The summed E-state index contributed by atoms with van der Waals surface area (Å²) in [5.74, 6) is 0.395. The van der Waals surface area contributed by atoms with Crippen molar-refractivity contribution in [2.75, 3.05) is 31.7 Å². The zero-order valence-corrected chi connectivity index (χ0v) is 17.7. The first-order valence-electron chi connectivity index (χ1n) is 8.45. The van der Waals surface area contributed by atoms with Crippen molar-refractivity contribution in [3.05, 3.63) is 10.4 Å². The number of rotatable bonds is 3. The molecule has 0 amide bonds. The Kier molecular flexibility index (Phi) is 5.10. The first-order chi connectivity index (χ1) is 12.1. The van der Waals surface area contributed by atoms with E-state index in [0.29, 0.717) is 25.2 Å². The van der Waals surface area contributed by atoms with Crippen LogP contribution in [0.1, 0.15) is 36.6 Å². The van der Waals surface area contributed by atoms with Crippen molar-refractivity contribution in [3.63, 3.8) is 0 Å². The predicted molar refractivity (Wildman–Crippen MR) is 104 cm³/mol. The van der Waals surface area contributed by atoms with E-state index in [9.17, 15) is 16.8 Å². The molecule has 3 rings (SSSR count). The van der Waals surface area contributed by atoms with E-state index in [1.165, 1.54) is 28.9 Å². The molecule has 0 aliphatic carbocycles. The third-order valence-electron chi connectivity index (χ3n) is 4.96. The van der Waals surface area contributed by atoms with Crippen molar-refractivity contribution in [2.45, 2.75) is 36.8 Å². The topological polar surface area (TPSA) is 108 Å².